The fourth-order valence-corrected chi connectivity index (χ4v) is 3.51. The quantitative estimate of drug-likeness (QED) is 0.417. The Morgan fingerprint density at radius 3 is 2.67 bits per heavy atom. The second-order valence-electron chi connectivity index (χ2n) is 5.49. The first-order valence-electron chi connectivity index (χ1n) is 8.42. The number of benzene rings is 2. The van der Waals surface area contributed by atoms with Crippen LogP contribution in [0.3, 0.4) is 0 Å². The number of phenols is 1. The number of nitrogens with zero attached hydrogens (tertiary/aromatic N) is 1. The Morgan fingerprint density at radius 2 is 2.04 bits per heavy atom. The van der Waals surface area contributed by atoms with E-state index in [4.69, 9.17) is 16.3 Å². The lowest BCUT2D eigenvalue weighted by molar-refractivity contribution is 0.0522. The van der Waals surface area contributed by atoms with Crippen LogP contribution in [0.5, 0.6) is 5.75 Å². The summed E-state index contributed by atoms with van der Waals surface area (Å²) in [5.41, 5.74) is 2.70. The van der Waals surface area contributed by atoms with Crippen LogP contribution in [-0.2, 0) is 21.6 Å². The molecule has 5 nitrogen and oxygen atoms in total. The molecule has 0 saturated carbocycles. The van der Waals surface area contributed by atoms with Crippen molar-refractivity contribution in [3.63, 3.8) is 0 Å². The highest BCUT2D eigenvalue weighted by Gasteiger charge is 2.25. The summed E-state index contributed by atoms with van der Waals surface area (Å²) in [6.45, 7) is 2.02. The maximum Gasteiger partial charge on any atom is 0.342 e. The van der Waals surface area contributed by atoms with E-state index in [1.54, 1.807) is 38.1 Å². The molecule has 2 aromatic carbocycles. The molecule has 0 amide bonds. The molecule has 0 aliphatic carbocycles. The van der Waals surface area contributed by atoms with Crippen molar-refractivity contribution in [1.82, 2.24) is 0 Å². The van der Waals surface area contributed by atoms with Gasteiger partial charge < -0.3 is 14.6 Å². The number of thioether (sulfide) groups is 1. The Morgan fingerprint density at radius 1 is 1.33 bits per heavy atom. The van der Waals surface area contributed by atoms with Gasteiger partial charge in [-0.25, -0.2) is 4.79 Å². The lowest BCUT2D eigenvalue weighted by atomic mass is 10.0. The van der Waals surface area contributed by atoms with Gasteiger partial charge in [-0.1, -0.05) is 29.8 Å². The van der Waals surface area contributed by atoms with Crippen LogP contribution < -0.4 is 0 Å². The molecule has 27 heavy (non-hydrogen) atoms. The number of halogens is 1. The van der Waals surface area contributed by atoms with Gasteiger partial charge in [-0.15, -0.1) is 11.8 Å². The normalized spacial score (nSPS) is 11.5. The topological polar surface area (TPSA) is 68.1 Å². The Balaban J connectivity index is 0.000000596. The van der Waals surface area contributed by atoms with Gasteiger partial charge >= 0.3 is 5.97 Å². The van der Waals surface area contributed by atoms with E-state index in [9.17, 15) is 9.90 Å². The van der Waals surface area contributed by atoms with Crippen LogP contribution in [0, 0.1) is 0 Å². The van der Waals surface area contributed by atoms with Crippen molar-refractivity contribution < 1.29 is 19.4 Å². The molecule has 0 fully saturated rings. The largest absolute Gasteiger partial charge is 0.507 e. The molecule has 144 valence electrons. The Kier molecular flexibility index (Phi) is 8.64. The minimum atomic E-state index is -0.501. The lowest BCUT2D eigenvalue weighted by Gasteiger charge is -2.14. The molecule has 0 bridgehead atoms. The standard InChI is InChI=1S/C18H17NO3S.C2H5ClO/c1-2-22-18(21)16-14(11-23-13-6-4-3-5-7-13)17-12(8-9-19-17)10-15(16)20;1-4-2-3/h3-7,9-10,20H,2,8,11H2,1H3;2H2,1H3. The van der Waals surface area contributed by atoms with Gasteiger partial charge in [0.05, 0.1) is 12.3 Å². The third-order valence-electron chi connectivity index (χ3n) is 3.71. The molecule has 2 aromatic rings. The first kappa shape index (κ1) is 21.3. The van der Waals surface area contributed by atoms with E-state index >= 15 is 0 Å². The summed E-state index contributed by atoms with van der Waals surface area (Å²) in [6, 6.07) is 11.8. The molecule has 0 saturated heterocycles. The van der Waals surface area contributed by atoms with E-state index < -0.39 is 5.97 Å². The van der Waals surface area contributed by atoms with Crippen LogP contribution in [0.15, 0.2) is 46.3 Å². The zero-order chi connectivity index (χ0) is 19.6. The summed E-state index contributed by atoms with van der Waals surface area (Å²) in [4.78, 5) is 17.8. The second kappa shape index (κ2) is 11.0. The number of rotatable bonds is 6. The van der Waals surface area contributed by atoms with E-state index in [1.165, 1.54) is 0 Å². The number of aliphatic imine (C=N–C) groups is 1. The number of carbonyl (C=O) groups is 1. The molecule has 0 radical (unpaired) electrons. The molecule has 1 heterocycles. The minimum absolute atomic E-state index is 0.0311. The molecular weight excluding hydrogens is 386 g/mol. The highest BCUT2D eigenvalue weighted by Crippen LogP contribution is 2.40. The third-order valence-corrected chi connectivity index (χ3v) is 4.96. The maximum atomic E-state index is 12.3. The van der Waals surface area contributed by atoms with Gasteiger partial charge in [0, 0.05) is 36.0 Å². The van der Waals surface area contributed by atoms with Crippen molar-refractivity contribution in [2.75, 3.05) is 19.8 Å². The molecular formula is C20H22ClNO4S. The van der Waals surface area contributed by atoms with Crippen molar-refractivity contribution in [2.45, 2.75) is 24.0 Å². The number of alkyl halides is 1. The van der Waals surface area contributed by atoms with Gasteiger partial charge in [0.15, 0.2) is 0 Å². The maximum absolute atomic E-state index is 12.3. The third kappa shape index (κ3) is 5.73. The van der Waals surface area contributed by atoms with Crippen LogP contribution in [-0.4, -0.2) is 37.1 Å². The average Bonchev–Trinajstić information content (AvgIpc) is 3.15. The molecule has 0 atom stereocenters. The summed E-state index contributed by atoms with van der Waals surface area (Å²) < 4.78 is 9.41. The summed E-state index contributed by atoms with van der Waals surface area (Å²) in [5, 5.41) is 10.3. The molecule has 0 unspecified atom stereocenters. The minimum Gasteiger partial charge on any atom is -0.507 e. The predicted octanol–water partition coefficient (Wildman–Crippen LogP) is 4.95. The fraction of sp³-hybridized carbons (Fsp3) is 0.300. The molecule has 0 aromatic heterocycles. The number of ether oxygens (including phenoxy) is 2. The van der Waals surface area contributed by atoms with Crippen molar-refractivity contribution in [2.24, 2.45) is 4.99 Å². The number of methoxy groups -OCH3 is 1. The van der Waals surface area contributed by atoms with Crippen LogP contribution in [0.1, 0.15) is 28.4 Å². The number of fused-ring (bicyclic) bond motifs is 1. The number of carbonyl (C=O) groups excluding carboxylic acids is 1. The Labute approximate surface area is 168 Å². The summed E-state index contributed by atoms with van der Waals surface area (Å²) >= 11 is 6.57. The highest BCUT2D eigenvalue weighted by molar-refractivity contribution is 7.98. The highest BCUT2D eigenvalue weighted by atomic mass is 35.5. The first-order chi connectivity index (χ1) is 13.1. The van der Waals surface area contributed by atoms with Gasteiger partial charge in [0.25, 0.3) is 0 Å². The van der Waals surface area contributed by atoms with Gasteiger partial charge in [0.2, 0.25) is 0 Å². The molecule has 1 aliphatic heterocycles. The van der Waals surface area contributed by atoms with E-state index in [1.807, 2.05) is 30.3 Å². The van der Waals surface area contributed by atoms with Crippen LogP contribution in [0.25, 0.3) is 0 Å². The number of hydrogen-bond acceptors (Lipinski definition) is 6. The van der Waals surface area contributed by atoms with Crippen molar-refractivity contribution in [1.29, 1.82) is 0 Å². The van der Waals surface area contributed by atoms with Crippen LogP contribution in [0.2, 0.25) is 0 Å². The summed E-state index contributed by atoms with van der Waals surface area (Å²) in [7, 11) is 1.55. The lowest BCUT2D eigenvalue weighted by Crippen LogP contribution is -2.09. The fourth-order valence-electron chi connectivity index (χ4n) is 2.57. The zero-order valence-electron chi connectivity index (χ0n) is 15.3. The van der Waals surface area contributed by atoms with Crippen molar-refractivity contribution in [3.8, 4) is 5.75 Å². The number of phenolic OH excluding ortho intramolecular Hbond substituents is 1. The molecule has 7 heteroatoms. The van der Waals surface area contributed by atoms with E-state index in [2.05, 4.69) is 9.73 Å². The summed E-state index contributed by atoms with van der Waals surface area (Å²) in [5.74, 6) is 0.0154. The van der Waals surface area contributed by atoms with Gasteiger partial charge in [-0.05, 0) is 30.7 Å². The smallest absolute Gasteiger partial charge is 0.342 e. The molecule has 0 spiro atoms. The van der Waals surface area contributed by atoms with Crippen molar-refractivity contribution >= 4 is 41.2 Å². The van der Waals surface area contributed by atoms with Crippen molar-refractivity contribution in [3.05, 3.63) is 53.1 Å². The summed E-state index contributed by atoms with van der Waals surface area (Å²) in [6.07, 6.45) is 2.48. The molecule has 1 N–H and O–H groups in total. The monoisotopic (exact) mass is 407 g/mol. The Bertz CT molecular complexity index is 794. The zero-order valence-corrected chi connectivity index (χ0v) is 16.8. The number of aromatic hydroxyl groups is 1. The van der Waals surface area contributed by atoms with E-state index in [-0.39, 0.29) is 17.9 Å². The number of hydrogen-bond donors (Lipinski definition) is 1. The van der Waals surface area contributed by atoms with Gasteiger partial charge in [0.1, 0.15) is 17.4 Å². The second-order valence-corrected chi connectivity index (χ2v) is 6.76. The Hall–Kier alpha value is -2.02. The van der Waals surface area contributed by atoms with E-state index in [0.717, 1.165) is 21.7 Å². The first-order valence-corrected chi connectivity index (χ1v) is 9.94. The van der Waals surface area contributed by atoms with Gasteiger partial charge in [-0.3, -0.25) is 4.99 Å². The van der Waals surface area contributed by atoms with Crippen LogP contribution >= 0.6 is 23.4 Å². The molecule has 1 aliphatic rings. The number of esters is 1. The van der Waals surface area contributed by atoms with E-state index in [0.29, 0.717) is 18.2 Å². The van der Waals surface area contributed by atoms with Crippen LogP contribution in [0.4, 0.5) is 5.69 Å². The molecule has 3 rings (SSSR count). The predicted molar refractivity (Wildman–Crippen MR) is 110 cm³/mol. The average molecular weight is 408 g/mol. The SMILES string of the molecule is CCOC(=O)c1c(O)cc2c(c1CSc1ccccc1)N=CC2.COCCl. The van der Waals surface area contributed by atoms with Gasteiger partial charge in [-0.2, -0.15) is 0 Å².